The molecular weight excluding hydrogens is 396 g/mol. The Labute approximate surface area is 171 Å². The van der Waals surface area contributed by atoms with E-state index in [-0.39, 0.29) is 19.1 Å². The number of carbonyl (C=O) groups is 2. The Kier molecular flexibility index (Phi) is 4.94. The van der Waals surface area contributed by atoms with Crippen LogP contribution in [0.2, 0.25) is 5.02 Å². The van der Waals surface area contributed by atoms with Crippen LogP contribution in [0.15, 0.2) is 30.6 Å². The van der Waals surface area contributed by atoms with Gasteiger partial charge < -0.3 is 20.1 Å². The van der Waals surface area contributed by atoms with Crippen LogP contribution >= 0.6 is 11.6 Å². The zero-order valence-corrected chi connectivity index (χ0v) is 16.8. The number of hydrogen-bond acceptors (Lipinski definition) is 5. The maximum atomic E-state index is 13.0. The first kappa shape index (κ1) is 19.6. The number of hydrogen-bond donors (Lipinski definition) is 3. The minimum absolute atomic E-state index is 0.104. The number of nitrogens with zero attached hydrogens (tertiary/aromatic N) is 2. The van der Waals surface area contributed by atoms with Crippen LogP contribution in [0.3, 0.4) is 0 Å². The summed E-state index contributed by atoms with van der Waals surface area (Å²) in [6, 6.07) is 4.65. The molecule has 1 aliphatic rings. The first-order valence-electron chi connectivity index (χ1n) is 9.19. The lowest BCUT2D eigenvalue weighted by atomic mass is 10.0. The molecule has 1 aliphatic heterocycles. The van der Waals surface area contributed by atoms with Crippen molar-refractivity contribution < 1.29 is 19.4 Å². The summed E-state index contributed by atoms with van der Waals surface area (Å²) in [5.41, 5.74) is 1.55. The molecule has 0 aliphatic carbocycles. The Balaban J connectivity index is 1.67. The highest BCUT2D eigenvalue weighted by Gasteiger charge is 2.38. The largest absolute Gasteiger partial charge is 0.480 e. The van der Waals surface area contributed by atoms with E-state index in [1.165, 1.54) is 0 Å². The van der Waals surface area contributed by atoms with Crippen LogP contribution in [0.25, 0.3) is 21.8 Å². The average molecular weight is 417 g/mol. The van der Waals surface area contributed by atoms with Gasteiger partial charge in [-0.15, -0.1) is 0 Å². The van der Waals surface area contributed by atoms with Crippen LogP contribution in [-0.4, -0.2) is 63.2 Å². The van der Waals surface area contributed by atoms with Gasteiger partial charge in [0.15, 0.2) is 0 Å². The van der Waals surface area contributed by atoms with Gasteiger partial charge in [-0.1, -0.05) is 11.6 Å². The number of aliphatic carboxylic acids is 1. The second-order valence-corrected chi connectivity index (χ2v) is 8.23. The van der Waals surface area contributed by atoms with Gasteiger partial charge in [0.25, 0.3) is 0 Å². The molecular formula is C20H21ClN4O4. The monoisotopic (exact) mass is 416 g/mol. The van der Waals surface area contributed by atoms with E-state index < -0.39 is 17.6 Å². The van der Waals surface area contributed by atoms with Crippen molar-refractivity contribution >= 4 is 51.0 Å². The van der Waals surface area contributed by atoms with Gasteiger partial charge >= 0.3 is 5.97 Å². The van der Waals surface area contributed by atoms with Crippen LogP contribution in [0.4, 0.5) is 5.69 Å². The highest BCUT2D eigenvalue weighted by atomic mass is 35.5. The number of pyridine rings is 1. The second kappa shape index (κ2) is 7.29. The molecule has 3 heterocycles. The van der Waals surface area contributed by atoms with Gasteiger partial charge in [0.2, 0.25) is 5.91 Å². The average Bonchev–Trinajstić information content (AvgIpc) is 2.99. The number of morpholine rings is 1. The Morgan fingerprint density at radius 3 is 2.97 bits per heavy atom. The third kappa shape index (κ3) is 3.91. The van der Waals surface area contributed by atoms with Crippen molar-refractivity contribution in [3.05, 3.63) is 35.6 Å². The van der Waals surface area contributed by atoms with Gasteiger partial charge in [-0.25, -0.2) is 0 Å². The molecule has 152 valence electrons. The molecule has 1 atom stereocenters. The smallest absolute Gasteiger partial charge is 0.317 e. The second-order valence-electron chi connectivity index (χ2n) is 7.80. The van der Waals surface area contributed by atoms with E-state index >= 15 is 0 Å². The van der Waals surface area contributed by atoms with E-state index in [0.717, 1.165) is 21.8 Å². The third-order valence-corrected chi connectivity index (χ3v) is 5.25. The fourth-order valence-electron chi connectivity index (χ4n) is 3.77. The molecule has 29 heavy (non-hydrogen) atoms. The molecule has 1 fully saturated rings. The molecule has 0 unspecified atom stereocenters. The zero-order valence-electron chi connectivity index (χ0n) is 16.0. The number of rotatable bonds is 4. The Bertz CT molecular complexity index is 1110. The lowest BCUT2D eigenvalue weighted by Gasteiger charge is -2.42. The summed E-state index contributed by atoms with van der Waals surface area (Å²) in [7, 11) is 0. The number of fused-ring (bicyclic) bond motifs is 3. The van der Waals surface area contributed by atoms with Crippen molar-refractivity contribution in [1.82, 2.24) is 14.9 Å². The Morgan fingerprint density at radius 1 is 1.41 bits per heavy atom. The molecule has 1 saturated heterocycles. The van der Waals surface area contributed by atoms with Crippen molar-refractivity contribution in [2.75, 3.05) is 25.0 Å². The highest BCUT2D eigenvalue weighted by molar-refractivity contribution is 6.33. The first-order valence-corrected chi connectivity index (χ1v) is 9.57. The summed E-state index contributed by atoms with van der Waals surface area (Å²) < 4.78 is 5.77. The van der Waals surface area contributed by atoms with E-state index in [1.807, 2.05) is 26.0 Å². The summed E-state index contributed by atoms with van der Waals surface area (Å²) in [5, 5.41) is 14.4. The standard InChI is InChI=1S/C20H21ClN4O4/c1-20(2)10-25(8-17(26)27)16(9-29-20)19(28)24-14-6-11(21)5-13-12-3-4-22-7-15(12)23-18(13)14/h3-7,16,23H,8-10H2,1-2H3,(H,24,28)(H,26,27)/t16-/m0/s1. The lowest BCUT2D eigenvalue weighted by molar-refractivity contribution is -0.153. The molecule has 0 bridgehead atoms. The minimum atomic E-state index is -0.992. The summed E-state index contributed by atoms with van der Waals surface area (Å²) in [5.74, 6) is -1.34. The topological polar surface area (TPSA) is 108 Å². The summed E-state index contributed by atoms with van der Waals surface area (Å²) in [6.45, 7) is 3.94. The number of nitrogens with one attached hydrogen (secondary N) is 2. The molecule has 2 aromatic heterocycles. The number of aromatic nitrogens is 2. The van der Waals surface area contributed by atoms with Crippen LogP contribution in [-0.2, 0) is 14.3 Å². The molecule has 8 nitrogen and oxygen atoms in total. The fourth-order valence-corrected chi connectivity index (χ4v) is 3.99. The summed E-state index contributed by atoms with van der Waals surface area (Å²) >= 11 is 6.29. The van der Waals surface area contributed by atoms with E-state index in [1.54, 1.807) is 23.4 Å². The van der Waals surface area contributed by atoms with E-state index in [9.17, 15) is 14.7 Å². The number of halogens is 1. The number of anilines is 1. The van der Waals surface area contributed by atoms with Crippen LogP contribution in [0.1, 0.15) is 13.8 Å². The molecule has 0 saturated carbocycles. The predicted octanol–water partition coefficient (Wildman–Crippen LogP) is 2.87. The number of ether oxygens (including phenoxy) is 1. The fraction of sp³-hybridized carbons (Fsp3) is 0.350. The molecule has 3 aromatic rings. The highest BCUT2D eigenvalue weighted by Crippen LogP contribution is 2.33. The Hall–Kier alpha value is -2.68. The number of carboxylic acid groups (broad SMARTS) is 1. The Morgan fingerprint density at radius 2 is 2.21 bits per heavy atom. The SMILES string of the molecule is CC1(C)CN(CC(=O)O)[C@H](C(=O)Nc2cc(Cl)cc3c2[nH]c2cnccc23)CO1. The number of amides is 1. The van der Waals surface area contributed by atoms with E-state index in [4.69, 9.17) is 16.3 Å². The van der Waals surface area contributed by atoms with Crippen molar-refractivity contribution in [3.63, 3.8) is 0 Å². The predicted molar refractivity (Wildman–Crippen MR) is 110 cm³/mol. The van der Waals surface area contributed by atoms with Crippen LogP contribution < -0.4 is 5.32 Å². The normalized spacial score (nSPS) is 19.5. The van der Waals surface area contributed by atoms with Crippen molar-refractivity contribution in [2.45, 2.75) is 25.5 Å². The first-order chi connectivity index (χ1) is 13.7. The maximum Gasteiger partial charge on any atom is 0.317 e. The van der Waals surface area contributed by atoms with E-state index in [2.05, 4.69) is 15.3 Å². The van der Waals surface area contributed by atoms with Gasteiger partial charge in [0.1, 0.15) is 6.04 Å². The number of benzene rings is 1. The van der Waals surface area contributed by atoms with Gasteiger partial charge in [0, 0.05) is 28.5 Å². The van der Waals surface area contributed by atoms with Gasteiger partial charge in [-0.2, -0.15) is 0 Å². The quantitative estimate of drug-likeness (QED) is 0.603. The molecule has 0 spiro atoms. The lowest BCUT2D eigenvalue weighted by Crippen LogP contribution is -2.59. The molecule has 1 aromatic carbocycles. The van der Waals surface area contributed by atoms with Gasteiger partial charge in [0.05, 0.1) is 41.7 Å². The summed E-state index contributed by atoms with van der Waals surface area (Å²) in [6.07, 6.45) is 3.40. The van der Waals surface area contributed by atoms with E-state index in [0.29, 0.717) is 17.3 Å². The zero-order chi connectivity index (χ0) is 20.8. The number of aromatic amines is 1. The molecule has 3 N–H and O–H groups in total. The number of carboxylic acids is 1. The number of carbonyl (C=O) groups excluding carboxylic acids is 1. The van der Waals surface area contributed by atoms with Crippen molar-refractivity contribution in [3.8, 4) is 0 Å². The number of H-pyrrole nitrogens is 1. The maximum absolute atomic E-state index is 13.0. The van der Waals surface area contributed by atoms with Crippen LogP contribution in [0, 0.1) is 0 Å². The van der Waals surface area contributed by atoms with Crippen molar-refractivity contribution in [1.29, 1.82) is 0 Å². The molecule has 9 heteroatoms. The summed E-state index contributed by atoms with van der Waals surface area (Å²) in [4.78, 5) is 33.3. The molecule has 0 radical (unpaired) electrons. The third-order valence-electron chi connectivity index (χ3n) is 5.03. The van der Waals surface area contributed by atoms with Gasteiger partial charge in [-0.3, -0.25) is 19.5 Å². The van der Waals surface area contributed by atoms with Crippen LogP contribution in [0.5, 0.6) is 0 Å². The molecule has 1 amide bonds. The van der Waals surface area contributed by atoms with Crippen molar-refractivity contribution in [2.24, 2.45) is 0 Å². The van der Waals surface area contributed by atoms with Gasteiger partial charge in [-0.05, 0) is 32.0 Å². The molecule has 4 rings (SSSR count). The minimum Gasteiger partial charge on any atom is -0.480 e.